The number of benzene rings is 2. The van der Waals surface area contributed by atoms with Gasteiger partial charge in [-0.15, -0.1) is 0 Å². The second kappa shape index (κ2) is 8.15. The van der Waals surface area contributed by atoms with E-state index in [1.807, 2.05) is 62.4 Å². The van der Waals surface area contributed by atoms with E-state index >= 15 is 0 Å². The molecule has 0 saturated carbocycles. The maximum Gasteiger partial charge on any atom is 0.328 e. The van der Waals surface area contributed by atoms with Gasteiger partial charge in [0.2, 0.25) is 0 Å². The van der Waals surface area contributed by atoms with Crippen LogP contribution in [0.3, 0.4) is 0 Å². The van der Waals surface area contributed by atoms with Gasteiger partial charge in [0.25, 0.3) is 0 Å². The zero-order chi connectivity index (χ0) is 17.5. The van der Waals surface area contributed by atoms with Crippen LogP contribution in [0, 0.1) is 13.8 Å². The van der Waals surface area contributed by atoms with Gasteiger partial charge < -0.3 is 15.4 Å². The van der Waals surface area contributed by atoms with Crippen LogP contribution < -0.4 is 10.6 Å². The lowest BCUT2D eigenvalue weighted by atomic mass is 10.1. The zero-order valence-electron chi connectivity index (χ0n) is 14.1. The van der Waals surface area contributed by atoms with E-state index in [4.69, 9.17) is 4.74 Å². The Kier molecular flexibility index (Phi) is 5.95. The molecule has 0 radical (unpaired) electrons. The Balaban J connectivity index is 2.03. The molecule has 2 aromatic rings. The fourth-order valence-electron chi connectivity index (χ4n) is 2.33. The average molecular weight is 326 g/mol. The highest BCUT2D eigenvalue weighted by Crippen LogP contribution is 2.14. The molecule has 0 bridgehead atoms. The van der Waals surface area contributed by atoms with E-state index in [1.54, 1.807) is 0 Å². The maximum absolute atomic E-state index is 12.2. The van der Waals surface area contributed by atoms with Crippen molar-refractivity contribution in [1.29, 1.82) is 0 Å². The van der Waals surface area contributed by atoms with Crippen LogP contribution >= 0.6 is 0 Å². The van der Waals surface area contributed by atoms with Crippen molar-refractivity contribution in [2.75, 3.05) is 12.4 Å². The monoisotopic (exact) mass is 326 g/mol. The minimum Gasteiger partial charge on any atom is -0.467 e. The van der Waals surface area contributed by atoms with Crippen LogP contribution in [0.5, 0.6) is 0 Å². The highest BCUT2D eigenvalue weighted by molar-refractivity contribution is 5.92. The summed E-state index contributed by atoms with van der Waals surface area (Å²) in [6.07, 6.45) is 0.369. The highest BCUT2D eigenvalue weighted by Gasteiger charge is 2.22. The molecule has 0 saturated heterocycles. The van der Waals surface area contributed by atoms with Crippen LogP contribution in [0.4, 0.5) is 10.5 Å². The van der Waals surface area contributed by atoms with Crippen molar-refractivity contribution in [3.8, 4) is 0 Å². The van der Waals surface area contributed by atoms with Crippen LogP contribution in [0.25, 0.3) is 0 Å². The third-order valence-electron chi connectivity index (χ3n) is 3.84. The number of nitrogens with one attached hydrogen (secondary N) is 2. The molecule has 0 aliphatic carbocycles. The molecule has 0 aliphatic rings. The molecule has 0 unspecified atom stereocenters. The van der Waals surface area contributed by atoms with Gasteiger partial charge in [0.15, 0.2) is 0 Å². The van der Waals surface area contributed by atoms with Crippen molar-refractivity contribution in [2.24, 2.45) is 0 Å². The minimum absolute atomic E-state index is 0.369. The molecule has 126 valence electrons. The molecule has 0 heterocycles. The molecule has 2 rings (SSSR count). The maximum atomic E-state index is 12.2. The van der Waals surface area contributed by atoms with Crippen LogP contribution in [-0.4, -0.2) is 25.2 Å². The van der Waals surface area contributed by atoms with Gasteiger partial charge in [0.05, 0.1) is 7.11 Å². The molecule has 5 heteroatoms. The number of hydrogen-bond donors (Lipinski definition) is 2. The Morgan fingerprint density at radius 2 is 1.75 bits per heavy atom. The lowest BCUT2D eigenvalue weighted by Crippen LogP contribution is -2.45. The zero-order valence-corrected chi connectivity index (χ0v) is 14.1. The first-order chi connectivity index (χ1) is 11.5. The molecule has 2 aromatic carbocycles. The molecule has 0 aliphatic heterocycles. The molecule has 2 N–H and O–H groups in total. The van der Waals surface area contributed by atoms with Gasteiger partial charge in [-0.1, -0.05) is 36.4 Å². The van der Waals surface area contributed by atoms with E-state index in [0.29, 0.717) is 12.1 Å². The van der Waals surface area contributed by atoms with E-state index in [2.05, 4.69) is 10.6 Å². The van der Waals surface area contributed by atoms with Crippen LogP contribution in [0.2, 0.25) is 0 Å². The largest absolute Gasteiger partial charge is 0.467 e. The van der Waals surface area contributed by atoms with Gasteiger partial charge in [-0.05, 0) is 42.7 Å². The SMILES string of the molecule is COC(=O)[C@@H](Cc1ccccc1)NC(=O)Nc1ccc(C)c(C)c1. The van der Waals surface area contributed by atoms with Crippen LogP contribution in [0.1, 0.15) is 16.7 Å². The van der Waals surface area contributed by atoms with E-state index in [9.17, 15) is 9.59 Å². The van der Waals surface area contributed by atoms with Crippen molar-refractivity contribution in [3.63, 3.8) is 0 Å². The summed E-state index contributed by atoms with van der Waals surface area (Å²) in [5.74, 6) is -0.478. The number of amides is 2. The summed E-state index contributed by atoms with van der Waals surface area (Å²) in [4.78, 5) is 24.1. The predicted molar refractivity (Wildman–Crippen MR) is 94.0 cm³/mol. The summed E-state index contributed by atoms with van der Waals surface area (Å²) in [6.45, 7) is 3.98. The minimum atomic E-state index is -0.746. The Bertz CT molecular complexity index is 714. The molecule has 2 amide bonds. The van der Waals surface area contributed by atoms with Gasteiger partial charge in [-0.2, -0.15) is 0 Å². The second-order valence-corrected chi connectivity index (χ2v) is 5.66. The number of anilines is 1. The van der Waals surface area contributed by atoms with Crippen LogP contribution in [0.15, 0.2) is 48.5 Å². The number of methoxy groups -OCH3 is 1. The summed E-state index contributed by atoms with van der Waals surface area (Å²) >= 11 is 0. The molecule has 1 atom stereocenters. The number of aryl methyl sites for hydroxylation is 2. The standard InChI is InChI=1S/C19H22N2O3/c1-13-9-10-16(11-14(13)2)20-19(23)21-17(18(22)24-3)12-15-7-5-4-6-8-15/h4-11,17H,12H2,1-3H3,(H2,20,21,23)/t17-/m1/s1. The summed E-state index contributed by atoms with van der Waals surface area (Å²) in [6, 6.07) is 13.9. The van der Waals surface area contributed by atoms with E-state index in [-0.39, 0.29) is 0 Å². The number of carbonyl (C=O) groups is 2. The summed E-state index contributed by atoms with van der Waals surface area (Å²) in [5, 5.41) is 5.42. The van der Waals surface area contributed by atoms with Gasteiger partial charge in [0, 0.05) is 12.1 Å². The number of rotatable bonds is 5. The first kappa shape index (κ1) is 17.5. The third kappa shape index (κ3) is 4.84. The predicted octanol–water partition coefficient (Wildman–Crippen LogP) is 3.21. The molecule has 0 spiro atoms. The second-order valence-electron chi connectivity index (χ2n) is 5.66. The molecule has 24 heavy (non-hydrogen) atoms. The van der Waals surface area contributed by atoms with Gasteiger partial charge in [-0.25, -0.2) is 9.59 Å². The van der Waals surface area contributed by atoms with Crippen molar-refractivity contribution in [3.05, 3.63) is 65.2 Å². The van der Waals surface area contributed by atoms with Crippen molar-refractivity contribution in [1.82, 2.24) is 5.32 Å². The number of esters is 1. The fourth-order valence-corrected chi connectivity index (χ4v) is 2.33. The van der Waals surface area contributed by atoms with Gasteiger partial charge >= 0.3 is 12.0 Å². The average Bonchev–Trinajstić information content (AvgIpc) is 2.58. The quantitative estimate of drug-likeness (QED) is 0.829. The Hall–Kier alpha value is -2.82. The smallest absolute Gasteiger partial charge is 0.328 e. The number of carbonyl (C=O) groups excluding carboxylic acids is 2. The summed E-state index contributed by atoms with van der Waals surface area (Å²) in [5.41, 5.74) is 3.86. The molecular formula is C19H22N2O3. The van der Waals surface area contributed by atoms with E-state index in [1.165, 1.54) is 7.11 Å². The number of urea groups is 1. The van der Waals surface area contributed by atoms with Gasteiger partial charge in [-0.3, -0.25) is 0 Å². The highest BCUT2D eigenvalue weighted by atomic mass is 16.5. The first-order valence-electron chi connectivity index (χ1n) is 7.76. The molecular weight excluding hydrogens is 304 g/mol. The Labute approximate surface area is 142 Å². The fraction of sp³-hybridized carbons (Fsp3) is 0.263. The first-order valence-corrected chi connectivity index (χ1v) is 7.76. The lowest BCUT2D eigenvalue weighted by Gasteiger charge is -2.17. The van der Waals surface area contributed by atoms with E-state index < -0.39 is 18.0 Å². The normalized spacial score (nSPS) is 11.5. The van der Waals surface area contributed by atoms with Crippen molar-refractivity contribution < 1.29 is 14.3 Å². The molecule has 0 aromatic heterocycles. The Morgan fingerprint density at radius 3 is 2.38 bits per heavy atom. The molecule has 0 fully saturated rings. The van der Waals surface area contributed by atoms with Gasteiger partial charge in [0.1, 0.15) is 6.04 Å². The topological polar surface area (TPSA) is 67.4 Å². The molecule has 5 nitrogen and oxygen atoms in total. The third-order valence-corrected chi connectivity index (χ3v) is 3.84. The Morgan fingerprint density at radius 1 is 1.04 bits per heavy atom. The van der Waals surface area contributed by atoms with Crippen molar-refractivity contribution >= 4 is 17.7 Å². The van der Waals surface area contributed by atoms with Crippen molar-refractivity contribution in [2.45, 2.75) is 26.3 Å². The summed E-state index contributed by atoms with van der Waals surface area (Å²) in [7, 11) is 1.31. The summed E-state index contributed by atoms with van der Waals surface area (Å²) < 4.78 is 4.79. The van der Waals surface area contributed by atoms with Crippen LogP contribution in [-0.2, 0) is 16.0 Å². The van der Waals surface area contributed by atoms with E-state index in [0.717, 1.165) is 16.7 Å². The lowest BCUT2D eigenvalue weighted by molar-refractivity contribution is -0.142. The number of hydrogen-bond acceptors (Lipinski definition) is 3. The number of ether oxygens (including phenoxy) is 1.